The molecule has 94 valence electrons. The molecule has 6 heteroatoms. The number of amides is 1. The van der Waals surface area contributed by atoms with Crippen LogP contribution in [0.2, 0.25) is 0 Å². The van der Waals surface area contributed by atoms with Gasteiger partial charge in [0.05, 0.1) is 11.0 Å². The molecule has 2 aliphatic rings. The minimum absolute atomic E-state index is 0.0424. The Labute approximate surface area is 104 Å². The lowest BCUT2D eigenvalue weighted by atomic mass is 10.0. The molecule has 1 amide bonds. The van der Waals surface area contributed by atoms with Crippen molar-refractivity contribution in [3.63, 3.8) is 0 Å². The van der Waals surface area contributed by atoms with E-state index in [0.717, 1.165) is 25.1 Å². The molecule has 1 aromatic rings. The minimum atomic E-state index is -0.411. The zero-order valence-corrected chi connectivity index (χ0v) is 9.78. The molecule has 2 heterocycles. The van der Waals surface area contributed by atoms with E-state index >= 15 is 0 Å². The van der Waals surface area contributed by atoms with Gasteiger partial charge in [-0.2, -0.15) is 0 Å². The van der Waals surface area contributed by atoms with Crippen molar-refractivity contribution < 1.29 is 9.72 Å². The molecule has 18 heavy (non-hydrogen) atoms. The van der Waals surface area contributed by atoms with E-state index in [0.29, 0.717) is 6.42 Å². The number of benzene rings is 1. The second-order valence-electron chi connectivity index (χ2n) is 4.60. The Kier molecular flexibility index (Phi) is 2.52. The van der Waals surface area contributed by atoms with Crippen molar-refractivity contribution >= 4 is 11.6 Å². The lowest BCUT2D eigenvalue weighted by molar-refractivity contribution is -0.384. The summed E-state index contributed by atoms with van der Waals surface area (Å²) in [5.74, 6) is 0.149. The molecule has 0 bridgehead atoms. The minimum Gasteiger partial charge on any atom is -0.275 e. The SMILES string of the molecule is O=C1C[C@@H](c2ccc([N+](=O)[O-])cc2)N2CCCN12. The first-order valence-corrected chi connectivity index (χ1v) is 5.98. The van der Waals surface area contributed by atoms with Gasteiger partial charge in [0, 0.05) is 31.6 Å². The number of hydrogen-bond acceptors (Lipinski definition) is 4. The number of nitro groups is 1. The Balaban J connectivity index is 1.86. The second kappa shape index (κ2) is 4.06. The smallest absolute Gasteiger partial charge is 0.269 e. The highest BCUT2D eigenvalue weighted by molar-refractivity contribution is 5.79. The molecular formula is C12H13N3O3. The van der Waals surface area contributed by atoms with Gasteiger partial charge in [0.2, 0.25) is 5.91 Å². The molecule has 0 spiro atoms. The molecule has 1 aromatic carbocycles. The Hall–Kier alpha value is -1.95. The van der Waals surface area contributed by atoms with E-state index in [1.54, 1.807) is 17.1 Å². The van der Waals surface area contributed by atoms with Crippen LogP contribution >= 0.6 is 0 Å². The van der Waals surface area contributed by atoms with Gasteiger partial charge < -0.3 is 0 Å². The predicted molar refractivity (Wildman–Crippen MR) is 63.5 cm³/mol. The maximum atomic E-state index is 11.8. The van der Waals surface area contributed by atoms with Crippen LogP contribution in [0.15, 0.2) is 24.3 Å². The van der Waals surface area contributed by atoms with E-state index in [9.17, 15) is 14.9 Å². The first-order chi connectivity index (χ1) is 8.66. The molecule has 0 aliphatic carbocycles. The molecule has 0 saturated carbocycles. The number of rotatable bonds is 2. The number of carbonyl (C=O) groups is 1. The van der Waals surface area contributed by atoms with Gasteiger partial charge in [0.15, 0.2) is 0 Å². The topological polar surface area (TPSA) is 66.7 Å². The quantitative estimate of drug-likeness (QED) is 0.586. The van der Waals surface area contributed by atoms with E-state index in [1.807, 2.05) is 0 Å². The zero-order valence-electron chi connectivity index (χ0n) is 9.78. The van der Waals surface area contributed by atoms with Crippen LogP contribution in [0, 0.1) is 10.1 Å². The van der Waals surface area contributed by atoms with Crippen molar-refractivity contribution in [3.05, 3.63) is 39.9 Å². The van der Waals surface area contributed by atoms with Gasteiger partial charge >= 0.3 is 0 Å². The van der Waals surface area contributed by atoms with Gasteiger partial charge in [-0.1, -0.05) is 12.1 Å². The van der Waals surface area contributed by atoms with E-state index in [-0.39, 0.29) is 17.6 Å². The average molecular weight is 247 g/mol. The Bertz CT molecular complexity index is 500. The average Bonchev–Trinajstić information content (AvgIpc) is 2.94. The summed E-state index contributed by atoms with van der Waals surface area (Å²) in [6.07, 6.45) is 1.47. The van der Waals surface area contributed by atoms with Crippen molar-refractivity contribution in [2.45, 2.75) is 18.9 Å². The summed E-state index contributed by atoms with van der Waals surface area (Å²) >= 11 is 0. The summed E-state index contributed by atoms with van der Waals surface area (Å²) in [6, 6.07) is 6.54. The fraction of sp³-hybridized carbons (Fsp3) is 0.417. The molecule has 1 atom stereocenters. The normalized spacial score (nSPS) is 23.4. The largest absolute Gasteiger partial charge is 0.275 e. The molecule has 0 radical (unpaired) electrons. The highest BCUT2D eigenvalue weighted by Gasteiger charge is 2.41. The van der Waals surface area contributed by atoms with E-state index in [4.69, 9.17) is 0 Å². The first-order valence-electron chi connectivity index (χ1n) is 5.98. The van der Waals surface area contributed by atoms with Crippen molar-refractivity contribution in [3.8, 4) is 0 Å². The summed E-state index contributed by atoms with van der Waals surface area (Å²) in [5.41, 5.74) is 1.06. The molecule has 3 rings (SSSR count). The van der Waals surface area contributed by atoms with Crippen LogP contribution in [0.3, 0.4) is 0 Å². The highest BCUT2D eigenvalue weighted by atomic mass is 16.6. The lowest BCUT2D eigenvalue weighted by Crippen LogP contribution is -2.33. The third-order valence-electron chi connectivity index (χ3n) is 3.57. The number of nitrogens with zero attached hydrogens (tertiary/aromatic N) is 3. The monoisotopic (exact) mass is 247 g/mol. The van der Waals surface area contributed by atoms with E-state index in [2.05, 4.69) is 5.01 Å². The number of hydrogen-bond donors (Lipinski definition) is 0. The van der Waals surface area contributed by atoms with Gasteiger partial charge in [0.25, 0.3) is 5.69 Å². The fourth-order valence-electron chi connectivity index (χ4n) is 2.71. The first kappa shape index (κ1) is 11.2. The maximum absolute atomic E-state index is 11.8. The van der Waals surface area contributed by atoms with Crippen molar-refractivity contribution in [1.29, 1.82) is 0 Å². The van der Waals surface area contributed by atoms with Crippen LogP contribution in [0.1, 0.15) is 24.4 Å². The van der Waals surface area contributed by atoms with Crippen molar-refractivity contribution in [2.24, 2.45) is 0 Å². The fourth-order valence-corrected chi connectivity index (χ4v) is 2.71. The standard InChI is InChI=1S/C12H13N3O3/c16-12-8-11(13-6-1-7-14(12)13)9-2-4-10(5-3-9)15(17)18/h2-5,11H,1,6-8H2/t11-/m0/s1. The van der Waals surface area contributed by atoms with Gasteiger partial charge in [-0.05, 0) is 12.0 Å². The van der Waals surface area contributed by atoms with Crippen LogP contribution in [0.4, 0.5) is 5.69 Å². The third-order valence-corrected chi connectivity index (χ3v) is 3.57. The molecule has 0 aromatic heterocycles. The van der Waals surface area contributed by atoms with Crippen LogP contribution in [0.5, 0.6) is 0 Å². The number of hydrazine groups is 1. The summed E-state index contributed by atoms with van der Waals surface area (Å²) in [4.78, 5) is 22.0. The predicted octanol–water partition coefficient (Wildman–Crippen LogP) is 1.49. The zero-order chi connectivity index (χ0) is 12.7. The molecule has 0 unspecified atom stereocenters. The summed E-state index contributed by atoms with van der Waals surface area (Å²) in [5, 5.41) is 14.5. The number of carbonyl (C=O) groups excluding carboxylic acids is 1. The van der Waals surface area contributed by atoms with Crippen LogP contribution in [-0.4, -0.2) is 33.9 Å². The maximum Gasteiger partial charge on any atom is 0.269 e. The number of non-ortho nitro benzene ring substituents is 1. The molecule has 2 saturated heterocycles. The van der Waals surface area contributed by atoms with E-state index in [1.165, 1.54) is 12.1 Å². The molecule has 2 fully saturated rings. The molecule has 0 N–H and O–H groups in total. The van der Waals surface area contributed by atoms with E-state index < -0.39 is 4.92 Å². The lowest BCUT2D eigenvalue weighted by Gasteiger charge is -2.24. The summed E-state index contributed by atoms with van der Waals surface area (Å²) < 4.78 is 0. The second-order valence-corrected chi connectivity index (χ2v) is 4.60. The van der Waals surface area contributed by atoms with Gasteiger partial charge in [-0.25, -0.2) is 5.01 Å². The van der Waals surface area contributed by atoms with Crippen LogP contribution in [-0.2, 0) is 4.79 Å². The highest BCUT2D eigenvalue weighted by Crippen LogP contribution is 2.36. The van der Waals surface area contributed by atoms with Gasteiger partial charge in [-0.15, -0.1) is 0 Å². The molecule has 6 nitrogen and oxygen atoms in total. The van der Waals surface area contributed by atoms with Crippen LogP contribution < -0.4 is 0 Å². The van der Waals surface area contributed by atoms with Gasteiger partial charge in [0.1, 0.15) is 0 Å². The summed E-state index contributed by atoms with van der Waals surface area (Å²) in [6.45, 7) is 1.68. The van der Waals surface area contributed by atoms with Crippen molar-refractivity contribution in [2.75, 3.05) is 13.1 Å². The Morgan fingerprint density at radius 2 is 1.94 bits per heavy atom. The van der Waals surface area contributed by atoms with Crippen LogP contribution in [0.25, 0.3) is 0 Å². The number of nitro benzene ring substituents is 1. The molecule has 2 aliphatic heterocycles. The third kappa shape index (κ3) is 1.65. The molecular weight excluding hydrogens is 234 g/mol. The number of fused-ring (bicyclic) bond motifs is 1. The summed E-state index contributed by atoms with van der Waals surface area (Å²) in [7, 11) is 0. The Morgan fingerprint density at radius 3 is 2.61 bits per heavy atom. The van der Waals surface area contributed by atoms with Crippen molar-refractivity contribution in [1.82, 2.24) is 10.0 Å². The van der Waals surface area contributed by atoms with Gasteiger partial charge in [-0.3, -0.25) is 19.9 Å². The Morgan fingerprint density at radius 1 is 1.22 bits per heavy atom.